The number of anilines is 1. The van der Waals surface area contributed by atoms with E-state index in [0.29, 0.717) is 22.5 Å². The third-order valence-corrected chi connectivity index (χ3v) is 5.09. The van der Waals surface area contributed by atoms with Gasteiger partial charge in [-0.2, -0.15) is 4.99 Å². The minimum atomic E-state index is -0.705. The van der Waals surface area contributed by atoms with E-state index in [0.717, 1.165) is 0 Å². The highest BCUT2D eigenvalue weighted by Gasteiger charge is 2.19. The summed E-state index contributed by atoms with van der Waals surface area (Å²) in [5, 5.41) is 4.57. The molecule has 0 saturated carbocycles. The number of hydrogen-bond acceptors (Lipinski definition) is 6. The Bertz CT molecular complexity index is 990. The van der Waals surface area contributed by atoms with Crippen LogP contribution >= 0.6 is 23.7 Å². The van der Waals surface area contributed by atoms with Crippen LogP contribution in [0.5, 0.6) is 0 Å². The number of carbonyl (C=O) groups is 3. The van der Waals surface area contributed by atoms with Gasteiger partial charge in [-0.1, -0.05) is 34.6 Å². The zero-order valence-corrected chi connectivity index (χ0v) is 20.6. The molecule has 3 N–H and O–H groups in total. The SMILES string of the molecule is CC(C)C(N)C(=O)OCn1ccsc1=NC(=O)c1ccc(NC(=O)CC(C)(C)C)cc1.Cl. The first kappa shape index (κ1) is 27.5. The van der Waals surface area contributed by atoms with Crippen LogP contribution in [0.1, 0.15) is 51.4 Å². The van der Waals surface area contributed by atoms with Gasteiger partial charge >= 0.3 is 5.97 Å². The van der Waals surface area contributed by atoms with Crippen LogP contribution in [0.2, 0.25) is 0 Å². The number of nitrogens with zero attached hydrogens (tertiary/aromatic N) is 2. The number of thiazole rings is 1. The van der Waals surface area contributed by atoms with Gasteiger partial charge in [-0.3, -0.25) is 19.0 Å². The Morgan fingerprint density at radius 2 is 1.81 bits per heavy atom. The molecule has 1 unspecified atom stereocenters. The van der Waals surface area contributed by atoms with E-state index >= 15 is 0 Å². The minimum absolute atomic E-state index is 0. The Morgan fingerprint density at radius 1 is 1.19 bits per heavy atom. The van der Waals surface area contributed by atoms with Gasteiger partial charge in [0.2, 0.25) is 5.91 Å². The maximum atomic E-state index is 12.5. The summed E-state index contributed by atoms with van der Waals surface area (Å²) in [4.78, 5) is 41.0. The summed E-state index contributed by atoms with van der Waals surface area (Å²) >= 11 is 1.25. The van der Waals surface area contributed by atoms with Gasteiger partial charge < -0.3 is 15.8 Å². The van der Waals surface area contributed by atoms with Crippen molar-refractivity contribution in [3.05, 3.63) is 46.2 Å². The Kier molecular flexibility index (Phi) is 10.3. The number of nitrogens with two attached hydrogens (primary N) is 1. The molecule has 10 heteroatoms. The third kappa shape index (κ3) is 8.57. The second kappa shape index (κ2) is 11.9. The summed E-state index contributed by atoms with van der Waals surface area (Å²) in [6.45, 7) is 9.58. The number of aromatic nitrogens is 1. The number of benzene rings is 1. The van der Waals surface area contributed by atoms with Crippen LogP contribution in [-0.2, 0) is 21.1 Å². The van der Waals surface area contributed by atoms with Crippen molar-refractivity contribution in [3.8, 4) is 0 Å². The molecule has 0 spiro atoms. The third-order valence-electron chi connectivity index (χ3n) is 4.30. The van der Waals surface area contributed by atoms with Crippen LogP contribution in [0.4, 0.5) is 5.69 Å². The van der Waals surface area contributed by atoms with E-state index in [2.05, 4.69) is 10.3 Å². The van der Waals surface area contributed by atoms with Gasteiger partial charge in [0.25, 0.3) is 5.91 Å². The first-order valence-electron chi connectivity index (χ1n) is 10.0. The summed E-state index contributed by atoms with van der Waals surface area (Å²) in [6, 6.07) is 5.85. The number of rotatable bonds is 7. The number of halogens is 1. The van der Waals surface area contributed by atoms with Crippen molar-refractivity contribution in [1.29, 1.82) is 0 Å². The maximum absolute atomic E-state index is 12.5. The second-order valence-corrected chi connectivity index (χ2v) is 9.67. The number of amides is 2. The molecule has 0 bridgehead atoms. The van der Waals surface area contributed by atoms with E-state index < -0.39 is 17.9 Å². The highest BCUT2D eigenvalue weighted by Crippen LogP contribution is 2.20. The van der Waals surface area contributed by atoms with E-state index in [-0.39, 0.29) is 36.4 Å². The van der Waals surface area contributed by atoms with Crippen molar-refractivity contribution < 1.29 is 19.1 Å². The van der Waals surface area contributed by atoms with Crippen molar-refractivity contribution in [3.63, 3.8) is 0 Å². The normalized spacial score (nSPS) is 12.8. The average molecular weight is 483 g/mol. The molecule has 1 heterocycles. The number of hydrogen-bond donors (Lipinski definition) is 2. The van der Waals surface area contributed by atoms with E-state index in [1.807, 2.05) is 34.6 Å². The molecule has 0 aliphatic carbocycles. The molecule has 0 fully saturated rings. The molecule has 0 aliphatic rings. The molecule has 2 rings (SSSR count). The topological polar surface area (TPSA) is 116 Å². The molecule has 2 aromatic rings. The Labute approximate surface area is 198 Å². The maximum Gasteiger partial charge on any atom is 0.324 e. The minimum Gasteiger partial charge on any atom is -0.443 e. The fraction of sp³-hybridized carbons (Fsp3) is 0.455. The smallest absolute Gasteiger partial charge is 0.324 e. The molecule has 1 aromatic heterocycles. The molecule has 1 aromatic carbocycles. The Balaban J connectivity index is 0.00000512. The summed E-state index contributed by atoms with van der Waals surface area (Å²) in [5.41, 5.74) is 6.67. The fourth-order valence-electron chi connectivity index (χ4n) is 2.52. The zero-order chi connectivity index (χ0) is 23.2. The van der Waals surface area contributed by atoms with E-state index in [1.54, 1.807) is 40.4 Å². The van der Waals surface area contributed by atoms with Gasteiger partial charge in [0.15, 0.2) is 11.5 Å². The summed E-state index contributed by atoms with van der Waals surface area (Å²) < 4.78 is 6.78. The van der Waals surface area contributed by atoms with Gasteiger partial charge in [0.05, 0.1) is 0 Å². The molecular weight excluding hydrogens is 452 g/mol. The van der Waals surface area contributed by atoms with Crippen LogP contribution in [-0.4, -0.2) is 28.4 Å². The highest BCUT2D eigenvalue weighted by atomic mass is 35.5. The summed E-state index contributed by atoms with van der Waals surface area (Å²) in [5.74, 6) is -1.06. The van der Waals surface area contributed by atoms with E-state index in [4.69, 9.17) is 10.5 Å². The number of nitrogens with one attached hydrogen (secondary N) is 1. The molecule has 0 aliphatic heterocycles. The van der Waals surface area contributed by atoms with Gasteiger partial charge in [-0.05, 0) is 35.6 Å². The highest BCUT2D eigenvalue weighted by molar-refractivity contribution is 7.07. The standard InChI is InChI=1S/C22H30N4O4S.ClH/c1-14(2)18(23)20(29)30-13-26-10-11-31-21(26)25-19(28)15-6-8-16(9-7-15)24-17(27)12-22(3,4)5;/h6-11,14,18H,12-13,23H2,1-5H3,(H,24,27);1H. The number of ether oxygens (including phenoxy) is 1. The molecule has 176 valence electrons. The molecule has 1 atom stereocenters. The molecule has 32 heavy (non-hydrogen) atoms. The molecule has 0 saturated heterocycles. The van der Waals surface area contributed by atoms with Gasteiger partial charge in [0, 0.05) is 29.2 Å². The largest absolute Gasteiger partial charge is 0.443 e. The predicted molar refractivity (Wildman–Crippen MR) is 127 cm³/mol. The van der Waals surface area contributed by atoms with Crippen LogP contribution in [0.3, 0.4) is 0 Å². The van der Waals surface area contributed by atoms with Gasteiger partial charge in [0.1, 0.15) is 6.04 Å². The van der Waals surface area contributed by atoms with Gasteiger partial charge in [-0.25, -0.2) is 0 Å². The first-order chi connectivity index (χ1) is 14.5. The Morgan fingerprint density at radius 3 is 2.38 bits per heavy atom. The van der Waals surface area contributed by atoms with Crippen molar-refractivity contribution in [2.45, 2.75) is 53.8 Å². The predicted octanol–water partition coefficient (Wildman–Crippen LogP) is 3.57. The van der Waals surface area contributed by atoms with Gasteiger partial charge in [-0.15, -0.1) is 23.7 Å². The van der Waals surface area contributed by atoms with E-state index in [1.165, 1.54) is 11.3 Å². The molecule has 0 radical (unpaired) electrons. The summed E-state index contributed by atoms with van der Waals surface area (Å²) in [6.07, 6.45) is 2.08. The van der Waals surface area contributed by atoms with Crippen LogP contribution in [0, 0.1) is 11.3 Å². The molecular formula is C22H31ClN4O4S. The van der Waals surface area contributed by atoms with Crippen LogP contribution < -0.4 is 15.9 Å². The summed E-state index contributed by atoms with van der Waals surface area (Å²) in [7, 11) is 0. The lowest BCUT2D eigenvalue weighted by molar-refractivity contribution is -0.150. The monoisotopic (exact) mass is 482 g/mol. The quantitative estimate of drug-likeness (QED) is 0.585. The van der Waals surface area contributed by atoms with Crippen molar-refractivity contribution in [1.82, 2.24) is 4.57 Å². The first-order valence-corrected chi connectivity index (χ1v) is 10.9. The van der Waals surface area contributed by atoms with Crippen molar-refractivity contribution in [2.24, 2.45) is 22.1 Å². The fourth-order valence-corrected chi connectivity index (χ4v) is 3.24. The molecule has 8 nitrogen and oxygen atoms in total. The van der Waals surface area contributed by atoms with E-state index in [9.17, 15) is 14.4 Å². The number of carbonyl (C=O) groups excluding carboxylic acids is 3. The Hall–Kier alpha value is -2.49. The lowest BCUT2D eigenvalue weighted by Crippen LogP contribution is -2.37. The second-order valence-electron chi connectivity index (χ2n) is 8.80. The lowest BCUT2D eigenvalue weighted by atomic mass is 9.92. The van der Waals surface area contributed by atoms with Crippen molar-refractivity contribution in [2.75, 3.05) is 5.32 Å². The zero-order valence-electron chi connectivity index (χ0n) is 19.0. The number of esters is 1. The molecule has 2 amide bonds. The lowest BCUT2D eigenvalue weighted by Gasteiger charge is -2.17. The van der Waals surface area contributed by atoms with Crippen LogP contribution in [0.25, 0.3) is 0 Å². The van der Waals surface area contributed by atoms with Crippen molar-refractivity contribution >= 4 is 47.2 Å². The van der Waals surface area contributed by atoms with Crippen LogP contribution in [0.15, 0.2) is 40.8 Å². The average Bonchev–Trinajstić information content (AvgIpc) is 3.11.